The van der Waals surface area contributed by atoms with E-state index in [4.69, 9.17) is 4.74 Å². The van der Waals surface area contributed by atoms with Gasteiger partial charge in [0.05, 0.1) is 5.69 Å². The molecular formula is C12H13BrN2O. The molecular weight excluding hydrogens is 268 g/mol. The predicted octanol–water partition coefficient (Wildman–Crippen LogP) is 2.89. The van der Waals surface area contributed by atoms with Crippen LogP contribution in [0.15, 0.2) is 36.5 Å². The van der Waals surface area contributed by atoms with Crippen LogP contribution < -0.4 is 4.74 Å². The van der Waals surface area contributed by atoms with Crippen LogP contribution in [0.3, 0.4) is 0 Å². The zero-order valence-electron chi connectivity index (χ0n) is 9.06. The molecule has 0 fully saturated rings. The first-order valence-corrected chi connectivity index (χ1v) is 6.16. The molecule has 0 aliphatic heterocycles. The summed E-state index contributed by atoms with van der Waals surface area (Å²) in [6.45, 7) is 0.507. The van der Waals surface area contributed by atoms with Crippen molar-refractivity contribution >= 4 is 15.9 Å². The van der Waals surface area contributed by atoms with Gasteiger partial charge in [0.25, 0.3) is 0 Å². The first kappa shape index (κ1) is 11.2. The molecule has 84 valence electrons. The van der Waals surface area contributed by atoms with Crippen LogP contribution in [-0.4, -0.2) is 9.78 Å². The zero-order valence-corrected chi connectivity index (χ0v) is 10.6. The number of alkyl halides is 1. The van der Waals surface area contributed by atoms with Crippen molar-refractivity contribution in [3.05, 3.63) is 47.8 Å². The van der Waals surface area contributed by atoms with Crippen LogP contribution in [0.5, 0.6) is 5.75 Å². The maximum atomic E-state index is 5.65. The average Bonchev–Trinajstić information content (AvgIpc) is 2.73. The molecule has 0 N–H and O–H groups in total. The minimum absolute atomic E-state index is 0.507. The summed E-state index contributed by atoms with van der Waals surface area (Å²) in [6, 6.07) is 9.98. The quantitative estimate of drug-likeness (QED) is 0.806. The average molecular weight is 281 g/mol. The molecule has 16 heavy (non-hydrogen) atoms. The highest BCUT2D eigenvalue weighted by Crippen LogP contribution is 2.16. The normalized spacial score (nSPS) is 10.4. The largest absolute Gasteiger partial charge is 0.487 e. The van der Waals surface area contributed by atoms with E-state index in [9.17, 15) is 0 Å². The van der Waals surface area contributed by atoms with Crippen LogP contribution in [0.1, 0.15) is 11.3 Å². The van der Waals surface area contributed by atoms with Crippen molar-refractivity contribution in [1.29, 1.82) is 0 Å². The molecule has 0 spiro atoms. The molecule has 0 aliphatic rings. The summed E-state index contributed by atoms with van der Waals surface area (Å²) < 4.78 is 7.42. The second-order valence-corrected chi connectivity index (χ2v) is 4.11. The fourth-order valence-corrected chi connectivity index (χ4v) is 1.76. The van der Waals surface area contributed by atoms with E-state index >= 15 is 0 Å². The van der Waals surface area contributed by atoms with Crippen molar-refractivity contribution in [1.82, 2.24) is 9.78 Å². The summed E-state index contributed by atoms with van der Waals surface area (Å²) in [5.41, 5.74) is 2.14. The highest BCUT2D eigenvalue weighted by Gasteiger charge is 1.99. The van der Waals surface area contributed by atoms with E-state index in [0.29, 0.717) is 6.61 Å². The lowest BCUT2D eigenvalue weighted by atomic mass is 10.2. The van der Waals surface area contributed by atoms with Crippen LogP contribution >= 0.6 is 15.9 Å². The Bertz CT molecular complexity index is 468. The van der Waals surface area contributed by atoms with Gasteiger partial charge in [0.1, 0.15) is 12.4 Å². The van der Waals surface area contributed by atoms with Gasteiger partial charge in [0, 0.05) is 18.6 Å². The van der Waals surface area contributed by atoms with Crippen LogP contribution in [0, 0.1) is 0 Å². The summed E-state index contributed by atoms with van der Waals surface area (Å²) in [5.74, 6) is 0.877. The highest BCUT2D eigenvalue weighted by molar-refractivity contribution is 9.08. The molecule has 0 unspecified atom stereocenters. The fourth-order valence-electron chi connectivity index (χ4n) is 1.42. The third-order valence-corrected chi connectivity index (χ3v) is 2.86. The summed E-state index contributed by atoms with van der Waals surface area (Å²) >= 11 is 3.42. The van der Waals surface area contributed by atoms with Crippen LogP contribution in [0.4, 0.5) is 0 Å². The van der Waals surface area contributed by atoms with Crippen molar-refractivity contribution in [3.8, 4) is 5.75 Å². The van der Waals surface area contributed by atoms with E-state index in [1.807, 2.05) is 37.5 Å². The van der Waals surface area contributed by atoms with Crippen molar-refractivity contribution in [3.63, 3.8) is 0 Å². The van der Waals surface area contributed by atoms with Gasteiger partial charge in [-0.15, -0.1) is 0 Å². The maximum Gasteiger partial charge on any atom is 0.132 e. The molecule has 1 aromatic carbocycles. The Labute approximate surface area is 103 Å². The standard InChI is InChI=1S/C12H13BrN2O/c1-15-6-5-11(14-15)9-16-12-4-2-3-10(7-12)8-13/h2-7H,8-9H2,1H3. The lowest BCUT2D eigenvalue weighted by molar-refractivity contribution is 0.300. The SMILES string of the molecule is Cn1ccc(COc2cccc(CBr)c2)n1. The molecule has 0 radical (unpaired) electrons. The number of rotatable bonds is 4. The zero-order chi connectivity index (χ0) is 11.4. The summed E-state index contributed by atoms with van der Waals surface area (Å²) in [6.07, 6.45) is 1.91. The van der Waals surface area contributed by atoms with Crippen molar-refractivity contribution in [2.24, 2.45) is 7.05 Å². The molecule has 0 saturated carbocycles. The van der Waals surface area contributed by atoms with Gasteiger partial charge < -0.3 is 4.74 Å². The molecule has 0 atom stereocenters. The van der Waals surface area contributed by atoms with Gasteiger partial charge in [0.2, 0.25) is 0 Å². The number of nitrogens with zero attached hydrogens (tertiary/aromatic N) is 2. The smallest absolute Gasteiger partial charge is 0.132 e. The van der Waals surface area contributed by atoms with Gasteiger partial charge in [-0.2, -0.15) is 5.10 Å². The second kappa shape index (κ2) is 5.16. The van der Waals surface area contributed by atoms with E-state index in [0.717, 1.165) is 16.8 Å². The van der Waals surface area contributed by atoms with E-state index in [-0.39, 0.29) is 0 Å². The van der Waals surface area contributed by atoms with Gasteiger partial charge in [-0.1, -0.05) is 28.1 Å². The van der Waals surface area contributed by atoms with E-state index in [1.165, 1.54) is 5.56 Å². The molecule has 0 saturated heterocycles. The number of benzene rings is 1. The van der Waals surface area contributed by atoms with Gasteiger partial charge >= 0.3 is 0 Å². The minimum atomic E-state index is 0.507. The summed E-state index contributed by atoms with van der Waals surface area (Å²) in [5, 5.41) is 5.09. The number of aryl methyl sites for hydroxylation is 1. The molecule has 1 heterocycles. The number of ether oxygens (including phenoxy) is 1. The van der Waals surface area contributed by atoms with Crippen molar-refractivity contribution in [2.75, 3.05) is 0 Å². The minimum Gasteiger partial charge on any atom is -0.487 e. The monoisotopic (exact) mass is 280 g/mol. The number of hydrogen-bond acceptors (Lipinski definition) is 2. The molecule has 2 aromatic rings. The molecule has 0 bridgehead atoms. The third-order valence-electron chi connectivity index (χ3n) is 2.21. The van der Waals surface area contributed by atoms with E-state index < -0.39 is 0 Å². The van der Waals surface area contributed by atoms with Gasteiger partial charge in [-0.05, 0) is 23.8 Å². The number of halogens is 1. The van der Waals surface area contributed by atoms with Crippen LogP contribution in [0.2, 0.25) is 0 Å². The van der Waals surface area contributed by atoms with Crippen molar-refractivity contribution < 1.29 is 4.74 Å². The van der Waals surface area contributed by atoms with Crippen molar-refractivity contribution in [2.45, 2.75) is 11.9 Å². The Kier molecular flexibility index (Phi) is 3.62. The Morgan fingerprint density at radius 1 is 1.38 bits per heavy atom. The topological polar surface area (TPSA) is 27.1 Å². The molecule has 0 amide bonds. The number of aromatic nitrogens is 2. The van der Waals surface area contributed by atoms with E-state index in [2.05, 4.69) is 27.1 Å². The highest BCUT2D eigenvalue weighted by atomic mass is 79.9. The maximum absolute atomic E-state index is 5.65. The Hall–Kier alpha value is -1.29. The lowest BCUT2D eigenvalue weighted by Gasteiger charge is -2.05. The van der Waals surface area contributed by atoms with Gasteiger partial charge in [-0.25, -0.2) is 0 Å². The first-order chi connectivity index (χ1) is 7.78. The lowest BCUT2D eigenvalue weighted by Crippen LogP contribution is -1.98. The Morgan fingerprint density at radius 3 is 2.94 bits per heavy atom. The van der Waals surface area contributed by atoms with Gasteiger partial charge in [-0.3, -0.25) is 4.68 Å². The Balaban J connectivity index is 1.99. The molecule has 3 nitrogen and oxygen atoms in total. The molecule has 0 aliphatic carbocycles. The third kappa shape index (κ3) is 2.85. The van der Waals surface area contributed by atoms with Gasteiger partial charge in [0.15, 0.2) is 0 Å². The second-order valence-electron chi connectivity index (χ2n) is 3.55. The summed E-state index contributed by atoms with van der Waals surface area (Å²) in [4.78, 5) is 0. The first-order valence-electron chi connectivity index (χ1n) is 5.04. The summed E-state index contributed by atoms with van der Waals surface area (Å²) in [7, 11) is 1.90. The molecule has 2 rings (SSSR count). The van der Waals surface area contributed by atoms with Crippen LogP contribution in [-0.2, 0) is 19.0 Å². The fraction of sp³-hybridized carbons (Fsp3) is 0.250. The molecule has 4 heteroatoms. The van der Waals surface area contributed by atoms with Crippen LogP contribution in [0.25, 0.3) is 0 Å². The molecule has 1 aromatic heterocycles. The number of hydrogen-bond donors (Lipinski definition) is 0. The predicted molar refractivity (Wildman–Crippen MR) is 66.6 cm³/mol. The van der Waals surface area contributed by atoms with E-state index in [1.54, 1.807) is 4.68 Å². The Morgan fingerprint density at radius 2 is 2.25 bits per heavy atom.